The molecule has 1 aromatic carbocycles. The third kappa shape index (κ3) is 6.39. The predicted octanol–water partition coefficient (Wildman–Crippen LogP) is 5.54. The maximum absolute atomic E-state index is 14.8. The molecule has 1 atom stereocenters. The number of nitrogens with zero attached hydrogens (tertiary/aromatic N) is 3. The van der Waals surface area contributed by atoms with Crippen LogP contribution in [0.25, 0.3) is 16.8 Å². The summed E-state index contributed by atoms with van der Waals surface area (Å²) in [5.41, 5.74) is 7.29. The van der Waals surface area contributed by atoms with Crippen molar-refractivity contribution in [1.82, 2.24) is 20.4 Å². The number of alkyl halides is 3. The van der Waals surface area contributed by atoms with Crippen molar-refractivity contribution in [3.63, 3.8) is 0 Å². The summed E-state index contributed by atoms with van der Waals surface area (Å²) in [4.78, 5) is 18.6. The second-order valence-electron chi connectivity index (χ2n) is 9.53. The minimum atomic E-state index is -4.52. The fraction of sp³-hybridized carbons (Fsp3) is 0.370. The Morgan fingerprint density at radius 1 is 1.26 bits per heavy atom. The molecule has 3 aromatic rings. The monoisotopic (exact) mass is 546 g/mol. The second kappa shape index (κ2) is 11.4. The first-order valence-corrected chi connectivity index (χ1v) is 12.5. The molecule has 4 rings (SSSR count). The van der Waals surface area contributed by atoms with Crippen LogP contribution in [0.3, 0.4) is 0 Å². The number of amides is 1. The van der Waals surface area contributed by atoms with Crippen LogP contribution in [0.4, 0.5) is 28.9 Å². The molecule has 1 aliphatic heterocycles. The highest BCUT2D eigenvalue weighted by atomic mass is 19.4. The molecule has 208 valence electrons. The van der Waals surface area contributed by atoms with Gasteiger partial charge in [-0.15, -0.1) is 0 Å². The molecule has 3 heterocycles. The zero-order chi connectivity index (χ0) is 28.3. The average molecular weight is 547 g/mol. The van der Waals surface area contributed by atoms with Crippen LogP contribution >= 0.6 is 0 Å². The van der Waals surface area contributed by atoms with E-state index in [1.54, 1.807) is 37.3 Å². The number of nitrogens with one attached hydrogen (secondary N) is 2. The molecule has 0 radical (unpaired) electrons. The van der Waals surface area contributed by atoms with Crippen molar-refractivity contribution in [2.24, 2.45) is 0 Å². The highest BCUT2D eigenvalue weighted by Crippen LogP contribution is 2.39. The van der Waals surface area contributed by atoms with Gasteiger partial charge in [-0.25, -0.2) is 4.39 Å². The maximum atomic E-state index is 14.8. The van der Waals surface area contributed by atoms with Crippen molar-refractivity contribution in [2.75, 3.05) is 37.7 Å². The lowest BCUT2D eigenvalue weighted by molar-refractivity contribution is -0.146. The molecule has 0 aliphatic carbocycles. The van der Waals surface area contributed by atoms with Gasteiger partial charge in [0.15, 0.2) is 0 Å². The quantitative estimate of drug-likeness (QED) is 0.334. The number of nitrogen functional groups attached to an aromatic ring is 1. The highest BCUT2D eigenvalue weighted by Gasteiger charge is 2.39. The third-order valence-corrected chi connectivity index (χ3v) is 6.68. The van der Waals surface area contributed by atoms with Crippen LogP contribution in [0.15, 0.2) is 46.4 Å². The number of aromatic nitrogens is 2. The SMILES string of the molecule is Cc1noc(C(=O)NC/C=C/c2cc3c(NC4=C(F)CCN(C)CC4)cccc3c(C(C)C(F)(F)F)n2)c1N. The average Bonchev–Trinajstić information content (AvgIpc) is 3.14. The molecule has 4 N–H and O–H groups in total. The number of rotatable bonds is 7. The first-order chi connectivity index (χ1) is 18.5. The molecule has 0 saturated carbocycles. The lowest BCUT2D eigenvalue weighted by Gasteiger charge is -2.20. The number of carbonyl (C=O) groups is 1. The van der Waals surface area contributed by atoms with Crippen LogP contribution < -0.4 is 16.4 Å². The Bertz CT molecular complexity index is 1430. The number of benzene rings is 1. The Kier molecular flexibility index (Phi) is 8.24. The fourth-order valence-corrected chi connectivity index (χ4v) is 4.24. The number of aryl methyl sites for hydroxylation is 1. The van der Waals surface area contributed by atoms with E-state index in [9.17, 15) is 22.4 Å². The topological polar surface area (TPSA) is 109 Å². The summed E-state index contributed by atoms with van der Waals surface area (Å²) in [6, 6.07) is 6.55. The molecule has 0 bridgehead atoms. The number of fused-ring (bicyclic) bond motifs is 1. The molecule has 39 heavy (non-hydrogen) atoms. The fourth-order valence-electron chi connectivity index (χ4n) is 4.24. The molecule has 1 amide bonds. The Morgan fingerprint density at radius 2 is 2.00 bits per heavy atom. The number of pyridine rings is 1. The van der Waals surface area contributed by atoms with E-state index >= 15 is 0 Å². The summed E-state index contributed by atoms with van der Waals surface area (Å²) in [5, 5.41) is 10.2. The normalized spacial score (nSPS) is 16.1. The minimum Gasteiger partial charge on any atom is -0.394 e. The summed E-state index contributed by atoms with van der Waals surface area (Å²) >= 11 is 0. The van der Waals surface area contributed by atoms with Crippen LogP contribution in [0, 0.1) is 6.92 Å². The van der Waals surface area contributed by atoms with E-state index in [0.29, 0.717) is 47.4 Å². The van der Waals surface area contributed by atoms with Crippen LogP contribution in [0.2, 0.25) is 0 Å². The van der Waals surface area contributed by atoms with E-state index < -0.39 is 18.0 Å². The van der Waals surface area contributed by atoms with Gasteiger partial charge in [-0.05, 0) is 39.1 Å². The molecular formula is C27H30F4N6O2. The van der Waals surface area contributed by atoms with Crippen molar-refractivity contribution in [3.8, 4) is 0 Å². The lowest BCUT2D eigenvalue weighted by atomic mass is 9.98. The number of nitrogens with two attached hydrogens (primary N) is 1. The van der Waals surface area contributed by atoms with E-state index in [4.69, 9.17) is 10.3 Å². The standard InChI is InChI=1S/C27H30F4N6O2/c1-15(27(29,30)31)24-18-7-4-8-21(35-22-10-13-37(3)12-9-20(22)28)19(18)14-17(34-24)6-5-11-33-26(38)25-23(32)16(2)36-39-25/h4-8,14-15,35H,9-13,32H2,1-3H3,(H,33,38)/b6-5+. The van der Waals surface area contributed by atoms with Gasteiger partial charge in [-0.1, -0.05) is 23.4 Å². The number of halogens is 4. The molecular weight excluding hydrogens is 516 g/mol. The smallest absolute Gasteiger partial charge is 0.394 e. The Labute approximate surface area is 222 Å². The first kappa shape index (κ1) is 28.1. The van der Waals surface area contributed by atoms with Crippen LogP contribution in [0.1, 0.15) is 53.3 Å². The van der Waals surface area contributed by atoms with Crippen molar-refractivity contribution in [3.05, 3.63) is 64.7 Å². The van der Waals surface area contributed by atoms with Gasteiger partial charge in [0.1, 0.15) is 17.2 Å². The minimum absolute atomic E-state index is 0.0351. The van der Waals surface area contributed by atoms with Crippen LogP contribution in [-0.2, 0) is 0 Å². The van der Waals surface area contributed by atoms with E-state index in [2.05, 4.69) is 20.8 Å². The lowest BCUT2D eigenvalue weighted by Crippen LogP contribution is -2.23. The second-order valence-corrected chi connectivity index (χ2v) is 9.53. The third-order valence-electron chi connectivity index (χ3n) is 6.68. The molecule has 1 aliphatic rings. The number of anilines is 2. The maximum Gasteiger partial charge on any atom is 0.397 e. The van der Waals surface area contributed by atoms with Gasteiger partial charge < -0.3 is 25.8 Å². The summed E-state index contributed by atoms with van der Waals surface area (Å²) in [5.74, 6) is -2.81. The van der Waals surface area contributed by atoms with Crippen molar-refractivity contribution < 1.29 is 26.9 Å². The van der Waals surface area contributed by atoms with Gasteiger partial charge in [0.2, 0.25) is 5.76 Å². The van der Waals surface area contributed by atoms with Gasteiger partial charge in [-0.2, -0.15) is 13.2 Å². The van der Waals surface area contributed by atoms with E-state index in [0.717, 1.165) is 6.92 Å². The van der Waals surface area contributed by atoms with Crippen molar-refractivity contribution in [2.45, 2.75) is 38.8 Å². The van der Waals surface area contributed by atoms with E-state index in [1.807, 2.05) is 11.9 Å². The summed E-state index contributed by atoms with van der Waals surface area (Å²) in [7, 11) is 1.91. The predicted molar refractivity (Wildman–Crippen MR) is 142 cm³/mol. The summed E-state index contributed by atoms with van der Waals surface area (Å²) in [6.07, 6.45) is -0.765. The van der Waals surface area contributed by atoms with E-state index in [1.165, 1.54) is 6.08 Å². The summed E-state index contributed by atoms with van der Waals surface area (Å²) < 4.78 is 61.1. The molecule has 2 aromatic heterocycles. The Morgan fingerprint density at radius 3 is 2.69 bits per heavy atom. The van der Waals surface area contributed by atoms with Gasteiger partial charge in [0, 0.05) is 54.6 Å². The van der Waals surface area contributed by atoms with Crippen molar-refractivity contribution >= 4 is 34.1 Å². The number of hydrogen-bond acceptors (Lipinski definition) is 7. The van der Waals surface area contributed by atoms with Gasteiger partial charge in [0.25, 0.3) is 5.91 Å². The van der Waals surface area contributed by atoms with E-state index in [-0.39, 0.29) is 41.6 Å². The van der Waals surface area contributed by atoms with Gasteiger partial charge in [-0.3, -0.25) is 9.78 Å². The molecule has 1 unspecified atom stereocenters. The molecule has 0 fully saturated rings. The largest absolute Gasteiger partial charge is 0.397 e. The Hall–Kier alpha value is -3.93. The molecule has 0 saturated heterocycles. The Balaban J connectivity index is 1.66. The van der Waals surface area contributed by atoms with Crippen molar-refractivity contribution in [1.29, 1.82) is 0 Å². The molecule has 0 spiro atoms. The summed E-state index contributed by atoms with van der Waals surface area (Å²) in [6.45, 7) is 3.92. The first-order valence-electron chi connectivity index (χ1n) is 12.5. The zero-order valence-electron chi connectivity index (χ0n) is 21.8. The molecule has 8 nitrogen and oxygen atoms in total. The van der Waals surface area contributed by atoms with Crippen LogP contribution in [-0.4, -0.2) is 53.8 Å². The molecule has 12 heteroatoms. The van der Waals surface area contributed by atoms with Crippen LogP contribution in [0.5, 0.6) is 0 Å². The number of hydrogen-bond donors (Lipinski definition) is 3. The van der Waals surface area contributed by atoms with Gasteiger partial charge in [0.05, 0.1) is 17.3 Å². The number of carbonyl (C=O) groups excluding carboxylic acids is 1. The van der Waals surface area contributed by atoms with Gasteiger partial charge >= 0.3 is 6.18 Å². The highest BCUT2D eigenvalue weighted by molar-refractivity contribution is 5.97. The zero-order valence-corrected chi connectivity index (χ0v) is 21.8.